The highest BCUT2D eigenvalue weighted by molar-refractivity contribution is 4.94. The van der Waals surface area contributed by atoms with Gasteiger partial charge >= 0.3 is 0 Å². The largest absolute Gasteiger partial charge is 0.381 e. The van der Waals surface area contributed by atoms with Crippen molar-refractivity contribution >= 4 is 0 Å². The predicted octanol–water partition coefficient (Wildman–Crippen LogP) is 1.86. The van der Waals surface area contributed by atoms with E-state index >= 15 is 0 Å². The summed E-state index contributed by atoms with van der Waals surface area (Å²) in [5.74, 6) is 1.61. The third-order valence-electron chi connectivity index (χ3n) is 4.95. The van der Waals surface area contributed by atoms with Crippen molar-refractivity contribution in [2.45, 2.75) is 44.6 Å². The SMILES string of the molecule is CC1CCC(CN)(N(C)CC2CCOC2)CC1. The Bertz CT molecular complexity index is 230. The fourth-order valence-corrected chi connectivity index (χ4v) is 3.35. The van der Waals surface area contributed by atoms with Crippen molar-refractivity contribution in [2.75, 3.05) is 33.4 Å². The Morgan fingerprint density at radius 3 is 2.53 bits per heavy atom. The molecule has 0 aromatic heterocycles. The summed E-state index contributed by atoms with van der Waals surface area (Å²) in [6.45, 7) is 6.23. The summed E-state index contributed by atoms with van der Waals surface area (Å²) in [6, 6.07) is 0. The quantitative estimate of drug-likeness (QED) is 0.815. The highest BCUT2D eigenvalue weighted by Crippen LogP contribution is 2.35. The van der Waals surface area contributed by atoms with Crippen LogP contribution in [0.3, 0.4) is 0 Å². The molecule has 0 bridgehead atoms. The Balaban J connectivity index is 1.91. The van der Waals surface area contributed by atoms with Crippen LogP contribution in [0.5, 0.6) is 0 Å². The van der Waals surface area contributed by atoms with Gasteiger partial charge in [-0.3, -0.25) is 4.90 Å². The van der Waals surface area contributed by atoms with Gasteiger partial charge in [-0.05, 0) is 51.0 Å². The van der Waals surface area contributed by atoms with E-state index < -0.39 is 0 Å². The van der Waals surface area contributed by atoms with Crippen LogP contribution < -0.4 is 5.73 Å². The monoisotopic (exact) mass is 240 g/mol. The topological polar surface area (TPSA) is 38.5 Å². The van der Waals surface area contributed by atoms with E-state index in [1.54, 1.807) is 0 Å². The van der Waals surface area contributed by atoms with Gasteiger partial charge in [0.15, 0.2) is 0 Å². The summed E-state index contributed by atoms with van der Waals surface area (Å²) in [7, 11) is 2.27. The van der Waals surface area contributed by atoms with Crippen LogP contribution in [0.2, 0.25) is 0 Å². The zero-order valence-corrected chi connectivity index (χ0v) is 11.5. The number of nitrogens with zero attached hydrogens (tertiary/aromatic N) is 1. The molecule has 0 radical (unpaired) electrons. The Hall–Kier alpha value is -0.120. The lowest BCUT2D eigenvalue weighted by atomic mass is 9.76. The van der Waals surface area contributed by atoms with E-state index in [0.717, 1.165) is 38.1 Å². The molecule has 3 nitrogen and oxygen atoms in total. The molecule has 0 spiro atoms. The molecule has 1 saturated carbocycles. The lowest BCUT2D eigenvalue weighted by Gasteiger charge is -2.46. The summed E-state index contributed by atoms with van der Waals surface area (Å²) >= 11 is 0. The Morgan fingerprint density at radius 2 is 2.00 bits per heavy atom. The third kappa shape index (κ3) is 3.01. The molecule has 100 valence electrons. The van der Waals surface area contributed by atoms with Gasteiger partial charge < -0.3 is 10.5 Å². The maximum atomic E-state index is 6.09. The molecule has 1 aliphatic heterocycles. The molecule has 17 heavy (non-hydrogen) atoms. The number of ether oxygens (including phenoxy) is 1. The summed E-state index contributed by atoms with van der Waals surface area (Å²) in [4.78, 5) is 2.54. The van der Waals surface area contributed by atoms with Gasteiger partial charge in [-0.15, -0.1) is 0 Å². The molecule has 1 saturated heterocycles. The molecule has 0 aromatic rings. The van der Waals surface area contributed by atoms with Crippen molar-refractivity contribution in [3.8, 4) is 0 Å². The normalized spacial score (nSPS) is 38.8. The molecule has 3 heteroatoms. The summed E-state index contributed by atoms with van der Waals surface area (Å²) in [5.41, 5.74) is 6.36. The highest BCUT2D eigenvalue weighted by atomic mass is 16.5. The zero-order valence-electron chi connectivity index (χ0n) is 11.5. The van der Waals surface area contributed by atoms with Crippen LogP contribution in [0.25, 0.3) is 0 Å². The molecule has 1 aliphatic carbocycles. The predicted molar refractivity (Wildman–Crippen MR) is 71.0 cm³/mol. The van der Waals surface area contributed by atoms with Gasteiger partial charge in [0, 0.05) is 25.2 Å². The van der Waals surface area contributed by atoms with E-state index in [0.29, 0.717) is 0 Å². The van der Waals surface area contributed by atoms with Crippen molar-refractivity contribution in [1.82, 2.24) is 4.90 Å². The van der Waals surface area contributed by atoms with Gasteiger partial charge in [-0.2, -0.15) is 0 Å². The fraction of sp³-hybridized carbons (Fsp3) is 1.00. The van der Waals surface area contributed by atoms with Gasteiger partial charge in [0.05, 0.1) is 6.61 Å². The minimum Gasteiger partial charge on any atom is -0.381 e. The molecule has 2 aliphatic rings. The number of rotatable bonds is 4. The Morgan fingerprint density at radius 1 is 1.29 bits per heavy atom. The number of likely N-dealkylation sites (N-methyl/N-ethyl adjacent to an activating group) is 1. The first-order valence-electron chi connectivity index (χ1n) is 7.15. The lowest BCUT2D eigenvalue weighted by Crippen LogP contribution is -2.55. The van der Waals surface area contributed by atoms with Crippen molar-refractivity contribution in [1.29, 1.82) is 0 Å². The van der Waals surface area contributed by atoms with Crippen molar-refractivity contribution < 1.29 is 4.74 Å². The van der Waals surface area contributed by atoms with E-state index in [1.165, 1.54) is 32.1 Å². The molecular weight excluding hydrogens is 212 g/mol. The van der Waals surface area contributed by atoms with E-state index in [2.05, 4.69) is 18.9 Å². The number of nitrogens with two attached hydrogens (primary N) is 1. The van der Waals surface area contributed by atoms with Gasteiger partial charge in [-0.25, -0.2) is 0 Å². The van der Waals surface area contributed by atoms with Crippen LogP contribution in [0.1, 0.15) is 39.0 Å². The van der Waals surface area contributed by atoms with Gasteiger partial charge in [0.2, 0.25) is 0 Å². The maximum Gasteiger partial charge on any atom is 0.0507 e. The highest BCUT2D eigenvalue weighted by Gasteiger charge is 2.37. The van der Waals surface area contributed by atoms with Gasteiger partial charge in [0.25, 0.3) is 0 Å². The second kappa shape index (κ2) is 5.68. The third-order valence-corrected chi connectivity index (χ3v) is 4.95. The first-order valence-corrected chi connectivity index (χ1v) is 7.15. The average molecular weight is 240 g/mol. The Kier molecular flexibility index (Phi) is 4.45. The summed E-state index contributed by atoms with van der Waals surface area (Å²) in [6.07, 6.45) is 6.44. The van der Waals surface area contributed by atoms with Gasteiger partial charge in [0.1, 0.15) is 0 Å². The smallest absolute Gasteiger partial charge is 0.0507 e. The van der Waals surface area contributed by atoms with Crippen LogP contribution in [0, 0.1) is 11.8 Å². The van der Waals surface area contributed by atoms with Crippen LogP contribution in [-0.4, -0.2) is 43.8 Å². The first-order chi connectivity index (χ1) is 8.16. The van der Waals surface area contributed by atoms with Crippen LogP contribution in [0.15, 0.2) is 0 Å². The molecule has 1 unspecified atom stereocenters. The van der Waals surface area contributed by atoms with Gasteiger partial charge in [-0.1, -0.05) is 6.92 Å². The first kappa shape index (κ1) is 13.3. The fourth-order valence-electron chi connectivity index (χ4n) is 3.35. The minimum atomic E-state index is 0.273. The molecule has 2 rings (SSSR count). The lowest BCUT2D eigenvalue weighted by molar-refractivity contribution is 0.0522. The minimum absolute atomic E-state index is 0.273. The summed E-state index contributed by atoms with van der Waals surface area (Å²) in [5, 5.41) is 0. The molecule has 2 fully saturated rings. The average Bonchev–Trinajstić information content (AvgIpc) is 2.83. The van der Waals surface area contributed by atoms with Crippen LogP contribution >= 0.6 is 0 Å². The Labute approximate surface area is 106 Å². The van der Waals surface area contributed by atoms with E-state index in [-0.39, 0.29) is 5.54 Å². The van der Waals surface area contributed by atoms with Crippen molar-refractivity contribution in [3.63, 3.8) is 0 Å². The molecule has 2 N–H and O–H groups in total. The number of hydrogen-bond donors (Lipinski definition) is 1. The van der Waals surface area contributed by atoms with Crippen molar-refractivity contribution in [2.24, 2.45) is 17.6 Å². The van der Waals surface area contributed by atoms with Crippen molar-refractivity contribution in [3.05, 3.63) is 0 Å². The maximum absolute atomic E-state index is 6.09. The summed E-state index contributed by atoms with van der Waals surface area (Å²) < 4.78 is 5.47. The second-order valence-electron chi connectivity index (χ2n) is 6.22. The van der Waals surface area contributed by atoms with E-state index in [9.17, 15) is 0 Å². The standard InChI is InChI=1S/C14H28N2O/c1-12-3-6-14(11-15,7-4-12)16(2)9-13-5-8-17-10-13/h12-13H,3-11,15H2,1-2H3. The van der Waals surface area contributed by atoms with E-state index in [1.807, 2.05) is 0 Å². The number of hydrogen-bond acceptors (Lipinski definition) is 3. The second-order valence-corrected chi connectivity index (χ2v) is 6.22. The molecule has 1 atom stereocenters. The molecule has 0 aromatic carbocycles. The molecule has 0 amide bonds. The van der Waals surface area contributed by atoms with Crippen LogP contribution in [0.4, 0.5) is 0 Å². The van der Waals surface area contributed by atoms with E-state index in [4.69, 9.17) is 10.5 Å². The van der Waals surface area contributed by atoms with Crippen LogP contribution in [-0.2, 0) is 4.74 Å². The molecule has 1 heterocycles. The molecular formula is C14H28N2O. The zero-order chi connectivity index (χ0) is 12.3.